The molecule has 2 aromatic heterocycles. The van der Waals surface area contributed by atoms with Crippen LogP contribution >= 0.6 is 11.3 Å². The highest BCUT2D eigenvalue weighted by Crippen LogP contribution is 2.33. The zero-order valence-corrected chi connectivity index (χ0v) is 13.3. The van der Waals surface area contributed by atoms with Crippen LogP contribution in [0.4, 0.5) is 5.13 Å². The maximum atomic E-state index is 5.27. The van der Waals surface area contributed by atoms with Gasteiger partial charge in [0.2, 0.25) is 5.75 Å². The molecule has 0 aliphatic carbocycles. The van der Waals surface area contributed by atoms with Crippen LogP contribution in [-0.4, -0.2) is 28.4 Å². The molecule has 0 bridgehead atoms. The normalized spacial score (nSPS) is 10.7. The van der Waals surface area contributed by atoms with Crippen LogP contribution in [0.5, 0.6) is 11.5 Å². The number of aliphatic hydroxyl groups is 1. The minimum Gasteiger partial charge on any atom is -0.721 e. The average Bonchev–Trinajstić information content (AvgIpc) is 3.02. The van der Waals surface area contributed by atoms with Crippen molar-refractivity contribution >= 4 is 27.4 Å². The predicted molar refractivity (Wildman–Crippen MR) is 90.6 cm³/mol. The summed E-state index contributed by atoms with van der Waals surface area (Å²) in [6, 6.07) is 7.64. The number of nitrogens with zero attached hydrogens (tertiary/aromatic N) is 2. The van der Waals surface area contributed by atoms with Crippen LogP contribution < -0.4 is 10.1 Å². The molecule has 0 unspecified atom stereocenters. The number of benzene rings is 1. The second-order valence-corrected chi connectivity index (χ2v) is 5.49. The molecule has 0 aliphatic rings. The lowest BCUT2D eigenvalue weighted by molar-refractivity contribution is 0.190. The molecule has 3 aromatic rings. The Kier molecular flexibility index (Phi) is 4.11. The SMILES string of the molecule is [CH2-][OH+]c1cc(-c2csc(NCC)n2)nc2cc(OC)ccc12. The van der Waals surface area contributed by atoms with E-state index in [4.69, 9.17) is 4.74 Å². The van der Waals surface area contributed by atoms with Gasteiger partial charge in [-0.2, -0.15) is 0 Å². The fourth-order valence-corrected chi connectivity index (χ4v) is 2.98. The van der Waals surface area contributed by atoms with Gasteiger partial charge < -0.3 is 14.8 Å². The summed E-state index contributed by atoms with van der Waals surface area (Å²) in [5, 5.41) is 7.02. The van der Waals surface area contributed by atoms with Crippen molar-refractivity contribution in [3.05, 3.63) is 36.8 Å². The molecule has 114 valence electrons. The first-order valence-corrected chi connectivity index (χ1v) is 7.78. The van der Waals surface area contributed by atoms with E-state index >= 15 is 0 Å². The van der Waals surface area contributed by atoms with Gasteiger partial charge in [0.15, 0.2) is 5.13 Å². The molecular weight excluding hydrogens is 298 g/mol. The lowest BCUT2D eigenvalue weighted by atomic mass is 10.1. The van der Waals surface area contributed by atoms with Gasteiger partial charge in [-0.05, 0) is 26.2 Å². The van der Waals surface area contributed by atoms with Crippen molar-refractivity contribution in [2.45, 2.75) is 6.92 Å². The van der Waals surface area contributed by atoms with E-state index in [1.807, 2.05) is 36.6 Å². The molecule has 0 saturated carbocycles. The number of ether oxygens (including phenoxy) is 2. The summed E-state index contributed by atoms with van der Waals surface area (Å²) in [4.78, 5) is 9.23. The Hall–Kier alpha value is -2.34. The molecule has 1 aromatic carbocycles. The number of pyridine rings is 1. The van der Waals surface area contributed by atoms with Crippen LogP contribution in [0.15, 0.2) is 29.6 Å². The summed E-state index contributed by atoms with van der Waals surface area (Å²) < 4.78 is 9.38. The van der Waals surface area contributed by atoms with E-state index in [-0.39, 0.29) is 0 Å². The third-order valence-corrected chi connectivity index (χ3v) is 4.06. The van der Waals surface area contributed by atoms with Gasteiger partial charge in [0.05, 0.1) is 29.8 Å². The van der Waals surface area contributed by atoms with E-state index in [0.29, 0.717) is 0 Å². The first kappa shape index (κ1) is 14.6. The maximum Gasteiger partial charge on any atom is 0.237 e. The van der Waals surface area contributed by atoms with Crippen LogP contribution in [0, 0.1) is 7.11 Å². The third-order valence-electron chi connectivity index (χ3n) is 3.26. The molecule has 3 rings (SSSR count). The monoisotopic (exact) mass is 315 g/mol. The second-order valence-electron chi connectivity index (χ2n) is 4.64. The maximum absolute atomic E-state index is 5.27. The summed E-state index contributed by atoms with van der Waals surface area (Å²) >= 11 is 1.56. The Morgan fingerprint density at radius 3 is 2.86 bits per heavy atom. The molecule has 0 radical (unpaired) electrons. The highest BCUT2D eigenvalue weighted by molar-refractivity contribution is 7.14. The lowest BCUT2D eigenvalue weighted by Gasteiger charge is -2.09. The van der Waals surface area contributed by atoms with Crippen molar-refractivity contribution in [3.63, 3.8) is 0 Å². The Bertz CT molecular complexity index is 801. The molecule has 0 fully saturated rings. The predicted octanol–water partition coefficient (Wildman–Crippen LogP) is 3.83. The van der Waals surface area contributed by atoms with Crippen molar-refractivity contribution < 1.29 is 9.47 Å². The first-order valence-electron chi connectivity index (χ1n) is 6.90. The van der Waals surface area contributed by atoms with Gasteiger partial charge in [0, 0.05) is 18.0 Å². The number of fused-ring (bicyclic) bond motifs is 1. The minimum absolute atomic E-state index is 0.763. The smallest absolute Gasteiger partial charge is 0.237 e. The average molecular weight is 315 g/mol. The van der Waals surface area contributed by atoms with Crippen molar-refractivity contribution in [2.75, 3.05) is 19.0 Å². The number of hydrogen-bond acceptors (Lipinski definition) is 5. The molecule has 22 heavy (non-hydrogen) atoms. The highest BCUT2D eigenvalue weighted by atomic mass is 32.1. The lowest BCUT2D eigenvalue weighted by Crippen LogP contribution is -1.95. The second kappa shape index (κ2) is 6.19. The molecule has 0 amide bonds. The molecule has 0 spiro atoms. The standard InChI is InChI=1S/C16H17N3O2S/c1-4-17-16-19-14(9-22-16)13-8-15(21-3)11-6-5-10(20-2)7-12(11)18-13/h5-9,21H,3-4H2,1-2H3,(H,17,19). The third kappa shape index (κ3) is 2.69. The number of hydrogen-bond donors (Lipinski definition) is 1. The number of anilines is 1. The fourth-order valence-electron chi connectivity index (χ4n) is 2.20. The van der Waals surface area contributed by atoms with Crippen LogP contribution in [0.1, 0.15) is 6.92 Å². The first-order chi connectivity index (χ1) is 10.7. The molecule has 2 N–H and O–H groups in total. The van der Waals surface area contributed by atoms with Crippen LogP contribution in [0.3, 0.4) is 0 Å². The van der Waals surface area contributed by atoms with Gasteiger partial charge in [0.1, 0.15) is 11.4 Å². The minimum atomic E-state index is 0.763. The number of aromatic hydroxyl groups is 1. The van der Waals surface area contributed by atoms with Gasteiger partial charge in [-0.15, -0.1) is 11.3 Å². The Balaban J connectivity index is 2.12. The van der Waals surface area contributed by atoms with E-state index in [9.17, 15) is 0 Å². The van der Waals surface area contributed by atoms with E-state index in [2.05, 4.69) is 27.1 Å². The topological polar surface area (TPSA) is 59.8 Å². The quantitative estimate of drug-likeness (QED) is 0.574. The molecule has 0 saturated heterocycles. The van der Waals surface area contributed by atoms with Crippen molar-refractivity contribution in [2.24, 2.45) is 0 Å². The molecule has 0 atom stereocenters. The summed E-state index contributed by atoms with van der Waals surface area (Å²) in [5.41, 5.74) is 2.43. The molecular formula is C16H17N3O2S. The molecule has 0 aliphatic heterocycles. The molecule has 2 heterocycles. The number of aromatic nitrogens is 2. The Labute approximate surface area is 132 Å². The van der Waals surface area contributed by atoms with E-state index in [1.165, 1.54) is 0 Å². The van der Waals surface area contributed by atoms with Gasteiger partial charge in [-0.1, -0.05) is 0 Å². The fraction of sp³-hybridized carbons (Fsp3) is 0.188. The zero-order chi connectivity index (χ0) is 15.5. The highest BCUT2D eigenvalue weighted by Gasteiger charge is 2.13. The molecule has 5 nitrogen and oxygen atoms in total. The number of rotatable bonds is 5. The Morgan fingerprint density at radius 2 is 2.14 bits per heavy atom. The van der Waals surface area contributed by atoms with E-state index in [0.717, 1.165) is 45.5 Å². The van der Waals surface area contributed by atoms with Crippen LogP contribution in [-0.2, 0) is 0 Å². The van der Waals surface area contributed by atoms with Crippen LogP contribution in [0.25, 0.3) is 22.3 Å². The molecule has 6 heteroatoms. The summed E-state index contributed by atoms with van der Waals surface area (Å²) in [7, 11) is 5.29. The van der Waals surface area contributed by atoms with Crippen LogP contribution in [0.2, 0.25) is 0 Å². The summed E-state index contributed by atoms with van der Waals surface area (Å²) in [5.74, 6) is 1.56. The van der Waals surface area contributed by atoms with Gasteiger partial charge in [0.25, 0.3) is 0 Å². The van der Waals surface area contributed by atoms with E-state index < -0.39 is 0 Å². The Morgan fingerprint density at radius 1 is 1.27 bits per heavy atom. The van der Waals surface area contributed by atoms with Gasteiger partial charge >= 0.3 is 0 Å². The van der Waals surface area contributed by atoms with Crippen molar-refractivity contribution in [1.82, 2.24) is 9.97 Å². The zero-order valence-electron chi connectivity index (χ0n) is 12.5. The summed E-state index contributed by atoms with van der Waals surface area (Å²) in [6.07, 6.45) is 0. The van der Waals surface area contributed by atoms with Gasteiger partial charge in [-0.25, -0.2) is 9.97 Å². The number of methoxy groups -OCH3 is 1. The number of nitrogens with one attached hydrogen (secondary N) is 1. The largest absolute Gasteiger partial charge is 0.721 e. The van der Waals surface area contributed by atoms with Crippen molar-refractivity contribution in [3.8, 4) is 22.9 Å². The number of thiazole rings is 1. The summed E-state index contributed by atoms with van der Waals surface area (Å²) in [6.45, 7) is 2.89. The van der Waals surface area contributed by atoms with E-state index in [1.54, 1.807) is 18.4 Å². The van der Waals surface area contributed by atoms with Gasteiger partial charge in [-0.3, -0.25) is 0 Å². The van der Waals surface area contributed by atoms with Crippen molar-refractivity contribution in [1.29, 1.82) is 0 Å².